The molecule has 0 aromatic carbocycles. The maximum absolute atomic E-state index is 11.4. The molecule has 0 saturated heterocycles. The maximum Gasteiger partial charge on any atom is 0.407 e. The van der Waals surface area contributed by atoms with Crippen LogP contribution in [-0.2, 0) is 4.74 Å². The van der Waals surface area contributed by atoms with Crippen molar-refractivity contribution in [1.82, 2.24) is 10.3 Å². The van der Waals surface area contributed by atoms with Gasteiger partial charge in [0.2, 0.25) is 0 Å². The van der Waals surface area contributed by atoms with Gasteiger partial charge in [-0.05, 0) is 39.3 Å². The molecule has 1 heterocycles. The van der Waals surface area contributed by atoms with E-state index in [1.807, 2.05) is 39.8 Å². The first-order valence-electron chi connectivity index (χ1n) is 6.01. The van der Waals surface area contributed by atoms with Gasteiger partial charge >= 0.3 is 6.09 Å². The zero-order chi connectivity index (χ0) is 13.6. The van der Waals surface area contributed by atoms with Gasteiger partial charge in [-0.15, -0.1) is 0 Å². The molecule has 0 spiro atoms. The molecular formula is C13H21N3O2. The predicted octanol–water partition coefficient (Wildman–Crippen LogP) is 2.33. The van der Waals surface area contributed by atoms with Crippen molar-refractivity contribution >= 4 is 11.9 Å². The first-order valence-corrected chi connectivity index (χ1v) is 6.01. The third-order valence-electron chi connectivity index (χ3n) is 2.10. The molecule has 1 rings (SSSR count). The van der Waals surface area contributed by atoms with Crippen LogP contribution in [0.3, 0.4) is 0 Å². The minimum absolute atomic E-state index is 0.401. The van der Waals surface area contributed by atoms with Gasteiger partial charge in [0.25, 0.3) is 0 Å². The lowest BCUT2D eigenvalue weighted by molar-refractivity contribution is 0.0530. The molecule has 0 atom stereocenters. The van der Waals surface area contributed by atoms with E-state index < -0.39 is 11.7 Å². The molecule has 0 aliphatic rings. The number of aryl methyl sites for hydroxylation is 1. The second-order valence-corrected chi connectivity index (χ2v) is 5.02. The van der Waals surface area contributed by atoms with Crippen molar-refractivity contribution in [3.8, 4) is 0 Å². The van der Waals surface area contributed by atoms with E-state index in [0.29, 0.717) is 13.1 Å². The highest BCUT2D eigenvalue weighted by Crippen LogP contribution is 2.08. The van der Waals surface area contributed by atoms with Crippen LogP contribution < -0.4 is 10.6 Å². The Hall–Kier alpha value is -1.78. The van der Waals surface area contributed by atoms with Crippen molar-refractivity contribution in [3.05, 3.63) is 23.9 Å². The van der Waals surface area contributed by atoms with Crippen LogP contribution in [0.4, 0.5) is 10.6 Å². The molecule has 0 bridgehead atoms. The lowest BCUT2D eigenvalue weighted by Gasteiger charge is -2.19. The average molecular weight is 251 g/mol. The molecule has 5 nitrogen and oxygen atoms in total. The molecular weight excluding hydrogens is 230 g/mol. The second-order valence-electron chi connectivity index (χ2n) is 5.02. The van der Waals surface area contributed by atoms with Crippen molar-refractivity contribution < 1.29 is 9.53 Å². The zero-order valence-corrected chi connectivity index (χ0v) is 11.4. The maximum atomic E-state index is 11.4. The summed E-state index contributed by atoms with van der Waals surface area (Å²) >= 11 is 0. The third kappa shape index (κ3) is 5.52. The van der Waals surface area contributed by atoms with E-state index in [4.69, 9.17) is 4.74 Å². The van der Waals surface area contributed by atoms with Gasteiger partial charge in [-0.3, -0.25) is 0 Å². The van der Waals surface area contributed by atoms with Crippen molar-refractivity contribution in [2.75, 3.05) is 18.4 Å². The molecule has 0 aliphatic carbocycles. The van der Waals surface area contributed by atoms with Crippen LogP contribution in [-0.4, -0.2) is 29.8 Å². The van der Waals surface area contributed by atoms with E-state index in [1.165, 1.54) is 0 Å². The van der Waals surface area contributed by atoms with Crippen molar-refractivity contribution in [1.29, 1.82) is 0 Å². The number of anilines is 1. The lowest BCUT2D eigenvalue weighted by Crippen LogP contribution is -2.35. The summed E-state index contributed by atoms with van der Waals surface area (Å²) in [6.07, 6.45) is 1.33. The zero-order valence-electron chi connectivity index (χ0n) is 11.4. The summed E-state index contributed by atoms with van der Waals surface area (Å²) in [5.74, 6) is 0.837. The molecule has 5 heteroatoms. The van der Waals surface area contributed by atoms with Gasteiger partial charge in [0.05, 0.1) is 0 Å². The Morgan fingerprint density at radius 2 is 2.11 bits per heavy atom. The van der Waals surface area contributed by atoms with E-state index in [2.05, 4.69) is 15.6 Å². The van der Waals surface area contributed by atoms with Gasteiger partial charge in [-0.2, -0.15) is 0 Å². The van der Waals surface area contributed by atoms with Gasteiger partial charge in [0, 0.05) is 19.3 Å². The second kappa shape index (κ2) is 6.23. The Morgan fingerprint density at radius 1 is 1.39 bits per heavy atom. The summed E-state index contributed by atoms with van der Waals surface area (Å²) in [4.78, 5) is 15.6. The number of carbonyl (C=O) groups is 1. The van der Waals surface area contributed by atoms with E-state index in [0.717, 1.165) is 11.4 Å². The number of nitrogens with zero attached hydrogens (tertiary/aromatic N) is 1. The topological polar surface area (TPSA) is 63.2 Å². The Morgan fingerprint density at radius 3 is 2.72 bits per heavy atom. The fourth-order valence-electron chi connectivity index (χ4n) is 1.33. The SMILES string of the molecule is Cc1cccnc1NCCNC(=O)OC(C)(C)C. The summed E-state index contributed by atoms with van der Waals surface area (Å²) in [6, 6.07) is 3.87. The highest BCUT2D eigenvalue weighted by Gasteiger charge is 2.15. The lowest BCUT2D eigenvalue weighted by atomic mass is 10.2. The number of carbonyl (C=O) groups excluding carboxylic acids is 1. The summed E-state index contributed by atoms with van der Waals surface area (Å²) in [5, 5.41) is 5.83. The first-order chi connectivity index (χ1) is 8.38. The first kappa shape index (κ1) is 14.3. The van der Waals surface area contributed by atoms with Gasteiger partial charge in [0.1, 0.15) is 11.4 Å². The minimum atomic E-state index is -0.463. The number of amides is 1. The molecule has 100 valence electrons. The van der Waals surface area contributed by atoms with E-state index in [9.17, 15) is 4.79 Å². The van der Waals surface area contributed by atoms with Gasteiger partial charge in [0.15, 0.2) is 0 Å². The Labute approximate surface area is 108 Å². The predicted molar refractivity (Wildman–Crippen MR) is 71.7 cm³/mol. The van der Waals surface area contributed by atoms with Crippen LogP contribution in [0.15, 0.2) is 18.3 Å². The van der Waals surface area contributed by atoms with Gasteiger partial charge in [-0.25, -0.2) is 9.78 Å². The number of aromatic nitrogens is 1. The third-order valence-corrected chi connectivity index (χ3v) is 2.10. The monoisotopic (exact) mass is 251 g/mol. The molecule has 0 aliphatic heterocycles. The Bertz CT molecular complexity index is 399. The summed E-state index contributed by atoms with van der Waals surface area (Å²) < 4.78 is 5.12. The standard InChI is InChI=1S/C13H21N3O2/c1-10-6-5-7-14-11(10)15-8-9-16-12(17)18-13(2,3)4/h5-7H,8-9H2,1-4H3,(H,14,15)(H,16,17). The molecule has 1 amide bonds. The fraction of sp³-hybridized carbons (Fsp3) is 0.538. The van der Waals surface area contributed by atoms with Crippen molar-refractivity contribution in [3.63, 3.8) is 0 Å². The smallest absolute Gasteiger partial charge is 0.407 e. The van der Waals surface area contributed by atoms with Gasteiger partial charge < -0.3 is 15.4 Å². The number of hydrogen-bond acceptors (Lipinski definition) is 4. The molecule has 2 N–H and O–H groups in total. The quantitative estimate of drug-likeness (QED) is 0.806. The van der Waals surface area contributed by atoms with Crippen LogP contribution in [0.5, 0.6) is 0 Å². The number of alkyl carbamates (subject to hydrolysis) is 1. The number of ether oxygens (including phenoxy) is 1. The summed E-state index contributed by atoms with van der Waals surface area (Å²) in [6.45, 7) is 8.59. The molecule has 18 heavy (non-hydrogen) atoms. The molecule has 0 fully saturated rings. The highest BCUT2D eigenvalue weighted by molar-refractivity contribution is 5.67. The fourth-order valence-corrected chi connectivity index (χ4v) is 1.33. The molecule has 1 aromatic rings. The van der Waals surface area contributed by atoms with E-state index in [1.54, 1.807) is 6.20 Å². The van der Waals surface area contributed by atoms with Crippen LogP contribution in [0.2, 0.25) is 0 Å². The minimum Gasteiger partial charge on any atom is -0.444 e. The summed E-state index contributed by atoms with van der Waals surface area (Å²) in [5.41, 5.74) is 0.615. The largest absolute Gasteiger partial charge is 0.444 e. The molecule has 0 unspecified atom stereocenters. The van der Waals surface area contributed by atoms with Crippen LogP contribution >= 0.6 is 0 Å². The highest BCUT2D eigenvalue weighted by atomic mass is 16.6. The van der Waals surface area contributed by atoms with E-state index >= 15 is 0 Å². The average Bonchev–Trinajstić information content (AvgIpc) is 2.24. The number of nitrogens with one attached hydrogen (secondary N) is 2. The van der Waals surface area contributed by atoms with E-state index in [-0.39, 0.29) is 0 Å². The van der Waals surface area contributed by atoms with Crippen molar-refractivity contribution in [2.45, 2.75) is 33.3 Å². The Balaban J connectivity index is 2.23. The summed E-state index contributed by atoms with van der Waals surface area (Å²) in [7, 11) is 0. The van der Waals surface area contributed by atoms with Gasteiger partial charge in [-0.1, -0.05) is 6.07 Å². The Kier molecular flexibility index (Phi) is 4.95. The number of pyridine rings is 1. The number of hydrogen-bond donors (Lipinski definition) is 2. The van der Waals surface area contributed by atoms with Crippen LogP contribution in [0.1, 0.15) is 26.3 Å². The van der Waals surface area contributed by atoms with Crippen molar-refractivity contribution in [2.24, 2.45) is 0 Å². The van der Waals surface area contributed by atoms with Crippen LogP contribution in [0.25, 0.3) is 0 Å². The number of rotatable bonds is 4. The molecule has 0 radical (unpaired) electrons. The van der Waals surface area contributed by atoms with Crippen LogP contribution in [0, 0.1) is 6.92 Å². The normalized spacial score (nSPS) is 10.9. The molecule has 1 aromatic heterocycles. The molecule has 0 saturated carbocycles.